The predicted octanol–water partition coefficient (Wildman–Crippen LogP) is 3.79. The number of rotatable bonds is 6. The number of carboxylic acids is 1. The number of benzene rings is 1. The van der Waals surface area contributed by atoms with Crippen molar-refractivity contribution in [2.24, 2.45) is 0 Å². The van der Waals surface area contributed by atoms with Crippen LogP contribution in [-0.4, -0.2) is 71.0 Å². The smallest absolute Gasteiger partial charge is 0.425 e. The molecular weight excluding hydrogens is 429 g/mol. The van der Waals surface area contributed by atoms with E-state index in [0.29, 0.717) is 25.2 Å². The summed E-state index contributed by atoms with van der Waals surface area (Å²) in [6, 6.07) is 5.06. The highest BCUT2D eigenvalue weighted by Crippen LogP contribution is 2.33. The maximum atomic E-state index is 12.6. The number of piperazine rings is 1. The van der Waals surface area contributed by atoms with Gasteiger partial charge < -0.3 is 19.5 Å². The largest absolute Gasteiger partial charge is 0.478 e. The van der Waals surface area contributed by atoms with E-state index in [2.05, 4.69) is 4.74 Å². The van der Waals surface area contributed by atoms with E-state index in [4.69, 9.17) is 16.3 Å². The van der Waals surface area contributed by atoms with Gasteiger partial charge in [0.15, 0.2) is 11.7 Å². The van der Waals surface area contributed by atoms with Gasteiger partial charge in [0.1, 0.15) is 5.75 Å². The SMILES string of the molecule is CC(OC(=O)N1CCN(Cc2cccc(Cl)c2OC(C)(C)C(=O)O)CC1)C(F)(F)F. The lowest BCUT2D eigenvalue weighted by Crippen LogP contribution is -2.49. The van der Waals surface area contributed by atoms with Crippen molar-refractivity contribution < 1.29 is 37.3 Å². The molecule has 30 heavy (non-hydrogen) atoms. The molecule has 0 radical (unpaired) electrons. The zero-order valence-electron chi connectivity index (χ0n) is 16.8. The Hall–Kier alpha value is -2.20. The molecule has 1 N–H and O–H groups in total. The molecule has 0 aromatic heterocycles. The Morgan fingerprint density at radius 2 is 1.80 bits per heavy atom. The summed E-state index contributed by atoms with van der Waals surface area (Å²) in [4.78, 5) is 26.5. The number of alkyl halides is 3. The van der Waals surface area contributed by atoms with Gasteiger partial charge in [-0.25, -0.2) is 9.59 Å². The van der Waals surface area contributed by atoms with Crippen molar-refractivity contribution in [3.05, 3.63) is 28.8 Å². The zero-order valence-corrected chi connectivity index (χ0v) is 17.6. The van der Waals surface area contributed by atoms with Gasteiger partial charge in [-0.05, 0) is 26.8 Å². The number of ether oxygens (including phenoxy) is 2. The summed E-state index contributed by atoms with van der Waals surface area (Å²) in [6.07, 6.45) is -7.79. The Morgan fingerprint density at radius 1 is 1.20 bits per heavy atom. The fraction of sp³-hybridized carbons (Fsp3) is 0.579. The molecule has 1 amide bonds. The first kappa shape index (κ1) is 24.1. The average Bonchev–Trinajstić information content (AvgIpc) is 2.64. The summed E-state index contributed by atoms with van der Waals surface area (Å²) in [5, 5.41) is 9.57. The van der Waals surface area contributed by atoms with Crippen molar-refractivity contribution in [2.45, 2.75) is 45.2 Å². The van der Waals surface area contributed by atoms with E-state index in [1.807, 2.05) is 4.90 Å². The van der Waals surface area contributed by atoms with Crippen LogP contribution in [0.3, 0.4) is 0 Å². The number of nitrogens with zero attached hydrogens (tertiary/aromatic N) is 2. The van der Waals surface area contributed by atoms with Crippen LogP contribution in [0.25, 0.3) is 0 Å². The zero-order chi connectivity index (χ0) is 22.7. The number of hydrogen-bond donors (Lipinski definition) is 1. The molecule has 7 nitrogen and oxygen atoms in total. The van der Waals surface area contributed by atoms with E-state index < -0.39 is 29.9 Å². The number of carbonyl (C=O) groups excluding carboxylic acids is 1. The highest BCUT2D eigenvalue weighted by Gasteiger charge is 2.40. The molecule has 1 atom stereocenters. The molecule has 1 saturated heterocycles. The number of carbonyl (C=O) groups is 2. The van der Waals surface area contributed by atoms with Crippen LogP contribution in [-0.2, 0) is 16.1 Å². The van der Waals surface area contributed by atoms with Crippen molar-refractivity contribution in [2.75, 3.05) is 26.2 Å². The molecule has 1 aromatic carbocycles. The summed E-state index contributed by atoms with van der Waals surface area (Å²) in [7, 11) is 0. The van der Waals surface area contributed by atoms with E-state index in [1.54, 1.807) is 18.2 Å². The van der Waals surface area contributed by atoms with Crippen LogP contribution in [0.4, 0.5) is 18.0 Å². The number of amides is 1. The molecule has 1 unspecified atom stereocenters. The number of aliphatic carboxylic acids is 1. The Labute approximate surface area is 177 Å². The highest BCUT2D eigenvalue weighted by atomic mass is 35.5. The molecule has 1 heterocycles. The molecule has 168 valence electrons. The maximum Gasteiger partial charge on any atom is 0.425 e. The first-order valence-electron chi connectivity index (χ1n) is 9.25. The maximum absolute atomic E-state index is 12.6. The lowest BCUT2D eigenvalue weighted by Gasteiger charge is -2.35. The van der Waals surface area contributed by atoms with Crippen LogP contribution >= 0.6 is 11.6 Å². The third kappa shape index (κ3) is 6.15. The van der Waals surface area contributed by atoms with E-state index >= 15 is 0 Å². The first-order chi connectivity index (χ1) is 13.8. The average molecular weight is 453 g/mol. The van der Waals surface area contributed by atoms with Crippen LogP contribution in [0.5, 0.6) is 5.75 Å². The van der Waals surface area contributed by atoms with Gasteiger partial charge >= 0.3 is 18.2 Å². The van der Waals surface area contributed by atoms with Crippen LogP contribution in [0.1, 0.15) is 26.3 Å². The normalized spacial score (nSPS) is 16.8. The number of carboxylic acid groups (broad SMARTS) is 1. The van der Waals surface area contributed by atoms with Crippen molar-refractivity contribution >= 4 is 23.7 Å². The topological polar surface area (TPSA) is 79.3 Å². The van der Waals surface area contributed by atoms with Gasteiger partial charge in [0.25, 0.3) is 0 Å². The summed E-state index contributed by atoms with van der Waals surface area (Å²) < 4.78 is 47.8. The van der Waals surface area contributed by atoms with Crippen molar-refractivity contribution in [1.29, 1.82) is 0 Å². The van der Waals surface area contributed by atoms with E-state index in [0.717, 1.165) is 6.92 Å². The van der Waals surface area contributed by atoms with Crippen LogP contribution in [0.15, 0.2) is 18.2 Å². The Kier molecular flexibility index (Phi) is 7.46. The summed E-state index contributed by atoms with van der Waals surface area (Å²) in [6.45, 7) is 5.15. The van der Waals surface area contributed by atoms with Gasteiger partial charge in [-0.3, -0.25) is 4.90 Å². The molecule has 1 aliphatic rings. The summed E-state index contributed by atoms with van der Waals surface area (Å²) in [5.74, 6) is -0.888. The predicted molar refractivity (Wildman–Crippen MR) is 103 cm³/mol. The molecule has 0 aliphatic carbocycles. The third-order valence-electron chi connectivity index (χ3n) is 4.68. The van der Waals surface area contributed by atoms with Crippen molar-refractivity contribution in [1.82, 2.24) is 9.80 Å². The minimum Gasteiger partial charge on any atom is -0.478 e. The van der Waals surface area contributed by atoms with Crippen LogP contribution in [0, 0.1) is 0 Å². The van der Waals surface area contributed by atoms with Gasteiger partial charge in [0, 0.05) is 38.3 Å². The second-order valence-corrected chi connectivity index (χ2v) is 7.88. The minimum atomic E-state index is -4.61. The quantitative estimate of drug-likeness (QED) is 0.707. The van der Waals surface area contributed by atoms with Crippen molar-refractivity contribution in [3.63, 3.8) is 0 Å². The first-order valence-corrected chi connectivity index (χ1v) is 9.63. The second kappa shape index (κ2) is 9.30. The molecule has 1 aliphatic heterocycles. The van der Waals surface area contributed by atoms with Crippen LogP contribution in [0.2, 0.25) is 5.02 Å². The van der Waals surface area contributed by atoms with Gasteiger partial charge in [-0.2, -0.15) is 13.2 Å². The molecular formula is C19H24ClF3N2O5. The lowest BCUT2D eigenvalue weighted by atomic mass is 10.1. The molecule has 0 bridgehead atoms. The Morgan fingerprint density at radius 3 is 2.33 bits per heavy atom. The Bertz CT molecular complexity index is 780. The fourth-order valence-electron chi connectivity index (χ4n) is 2.71. The minimum absolute atomic E-state index is 0.195. The van der Waals surface area contributed by atoms with E-state index in [1.165, 1.54) is 18.7 Å². The standard InChI is InChI=1S/C19H24ClF3N2O5/c1-12(19(21,22)23)29-17(28)25-9-7-24(8-10-25)11-13-5-4-6-14(20)15(13)30-18(2,3)16(26)27/h4-6,12H,7-11H2,1-3H3,(H,26,27). The third-order valence-corrected chi connectivity index (χ3v) is 4.98. The van der Waals surface area contributed by atoms with Gasteiger partial charge in [0.2, 0.25) is 0 Å². The fourth-order valence-corrected chi connectivity index (χ4v) is 2.95. The highest BCUT2D eigenvalue weighted by molar-refractivity contribution is 6.32. The van der Waals surface area contributed by atoms with Crippen LogP contribution < -0.4 is 4.74 Å². The monoisotopic (exact) mass is 452 g/mol. The molecule has 11 heteroatoms. The molecule has 0 spiro atoms. The number of halogens is 4. The van der Waals surface area contributed by atoms with Gasteiger partial charge in [-0.15, -0.1) is 0 Å². The van der Waals surface area contributed by atoms with Crippen molar-refractivity contribution in [3.8, 4) is 5.75 Å². The molecule has 2 rings (SSSR count). The van der Waals surface area contributed by atoms with Gasteiger partial charge in [0.05, 0.1) is 5.02 Å². The summed E-state index contributed by atoms with van der Waals surface area (Å²) >= 11 is 6.21. The van der Waals surface area contributed by atoms with Gasteiger partial charge in [-0.1, -0.05) is 23.7 Å². The second-order valence-electron chi connectivity index (χ2n) is 7.48. The molecule has 0 saturated carbocycles. The number of para-hydroxylation sites is 1. The molecule has 1 fully saturated rings. The number of hydrogen-bond acceptors (Lipinski definition) is 5. The van der Waals surface area contributed by atoms with E-state index in [9.17, 15) is 27.9 Å². The molecule has 1 aromatic rings. The lowest BCUT2D eigenvalue weighted by molar-refractivity contribution is -0.200. The summed E-state index contributed by atoms with van der Waals surface area (Å²) in [5.41, 5.74) is -0.823. The Balaban J connectivity index is 1.99. The van der Waals surface area contributed by atoms with E-state index in [-0.39, 0.29) is 23.9 Å².